The van der Waals surface area contributed by atoms with Gasteiger partial charge in [-0.25, -0.2) is 9.69 Å². The van der Waals surface area contributed by atoms with Gasteiger partial charge in [0.2, 0.25) is 0 Å². The van der Waals surface area contributed by atoms with Gasteiger partial charge in [-0.05, 0) is 36.4 Å². The highest BCUT2D eigenvalue weighted by molar-refractivity contribution is 6.39. The molecule has 1 fully saturated rings. The number of amides is 4. The Balaban J connectivity index is 1.67. The predicted molar refractivity (Wildman–Crippen MR) is 109 cm³/mol. The second-order valence-electron chi connectivity index (χ2n) is 6.29. The van der Waals surface area contributed by atoms with Crippen molar-refractivity contribution in [1.82, 2.24) is 10.3 Å². The number of carbonyl (C=O) groups excluding carboxylic acids is 3. The first-order valence-electron chi connectivity index (χ1n) is 8.71. The molecular weight excluding hydrogens is 428 g/mol. The second-order valence-corrected chi connectivity index (χ2v) is 6.69. The Morgan fingerprint density at radius 1 is 1.10 bits per heavy atom. The molecule has 0 atom stereocenters. The van der Waals surface area contributed by atoms with Crippen LogP contribution in [-0.4, -0.2) is 27.8 Å². The lowest BCUT2D eigenvalue weighted by Crippen LogP contribution is -2.54. The van der Waals surface area contributed by atoms with Crippen LogP contribution in [0.4, 0.5) is 16.2 Å². The Morgan fingerprint density at radius 2 is 1.84 bits per heavy atom. The molecule has 1 aromatic carbocycles. The van der Waals surface area contributed by atoms with Gasteiger partial charge in [-0.15, -0.1) is 0 Å². The first kappa shape index (κ1) is 20.0. The number of nitro benzene ring substituents is 1. The van der Waals surface area contributed by atoms with E-state index in [1.165, 1.54) is 60.9 Å². The summed E-state index contributed by atoms with van der Waals surface area (Å²) < 4.78 is 5.64. The van der Waals surface area contributed by atoms with Gasteiger partial charge in [-0.2, -0.15) is 0 Å². The topological polar surface area (TPSA) is 136 Å². The van der Waals surface area contributed by atoms with Crippen molar-refractivity contribution in [3.05, 3.63) is 81.3 Å². The summed E-state index contributed by atoms with van der Waals surface area (Å²) in [6.45, 7) is 0. The standard InChI is InChI=1S/C20H11ClN4O6/c21-16-9-12(25(29)30)1-3-14(16)17-4-2-13(31-17)10-15-18(26)23-20(28)24(19(15)27)11-5-7-22-8-6-11/h1-10H,(H,23,26,28)/b15-10+. The SMILES string of the molecule is O=C1NC(=O)N(c2ccncc2)C(=O)/C1=C/c1ccc(-c2ccc([N+](=O)[O-])cc2Cl)o1. The van der Waals surface area contributed by atoms with Crippen LogP contribution in [0.1, 0.15) is 5.76 Å². The number of urea groups is 1. The molecule has 31 heavy (non-hydrogen) atoms. The molecule has 2 aromatic heterocycles. The highest BCUT2D eigenvalue weighted by atomic mass is 35.5. The summed E-state index contributed by atoms with van der Waals surface area (Å²) >= 11 is 6.11. The van der Waals surface area contributed by atoms with Crippen molar-refractivity contribution in [2.45, 2.75) is 0 Å². The minimum absolute atomic E-state index is 0.101. The summed E-state index contributed by atoms with van der Waals surface area (Å²) in [5, 5.41) is 13.1. The zero-order chi connectivity index (χ0) is 22.1. The fraction of sp³-hybridized carbons (Fsp3) is 0. The van der Waals surface area contributed by atoms with E-state index in [0.717, 1.165) is 4.90 Å². The van der Waals surface area contributed by atoms with Gasteiger partial charge in [0.25, 0.3) is 17.5 Å². The molecule has 0 bridgehead atoms. The molecule has 0 radical (unpaired) electrons. The Kier molecular flexibility index (Phi) is 5.05. The number of hydrogen-bond donors (Lipinski definition) is 1. The lowest BCUT2D eigenvalue weighted by atomic mass is 10.1. The molecule has 1 saturated heterocycles. The van der Waals surface area contributed by atoms with Crippen molar-refractivity contribution in [2.24, 2.45) is 0 Å². The van der Waals surface area contributed by atoms with E-state index in [2.05, 4.69) is 10.3 Å². The first-order chi connectivity index (χ1) is 14.8. The van der Waals surface area contributed by atoms with Crippen LogP contribution in [0.25, 0.3) is 17.4 Å². The summed E-state index contributed by atoms with van der Waals surface area (Å²) in [7, 11) is 0. The van der Waals surface area contributed by atoms with E-state index >= 15 is 0 Å². The number of carbonyl (C=O) groups is 3. The van der Waals surface area contributed by atoms with Gasteiger partial charge in [-0.1, -0.05) is 11.6 Å². The van der Waals surface area contributed by atoms with Crippen molar-refractivity contribution in [3.8, 4) is 11.3 Å². The van der Waals surface area contributed by atoms with E-state index in [1.807, 2.05) is 0 Å². The Labute approximate surface area is 178 Å². The maximum absolute atomic E-state index is 12.8. The fourth-order valence-corrected chi connectivity index (χ4v) is 3.19. The third-order valence-electron chi connectivity index (χ3n) is 4.36. The van der Waals surface area contributed by atoms with Crippen LogP contribution < -0.4 is 10.2 Å². The van der Waals surface area contributed by atoms with Gasteiger partial charge in [0.15, 0.2) is 0 Å². The Morgan fingerprint density at radius 3 is 2.52 bits per heavy atom. The third kappa shape index (κ3) is 3.79. The summed E-state index contributed by atoms with van der Waals surface area (Å²) in [5.74, 6) is -1.28. The summed E-state index contributed by atoms with van der Waals surface area (Å²) in [5.41, 5.74) is 0.152. The number of halogens is 1. The molecule has 0 unspecified atom stereocenters. The minimum Gasteiger partial charge on any atom is -0.457 e. The summed E-state index contributed by atoms with van der Waals surface area (Å²) in [4.78, 5) is 52.1. The number of rotatable bonds is 4. The molecule has 4 amide bonds. The minimum atomic E-state index is -0.879. The van der Waals surface area contributed by atoms with E-state index in [9.17, 15) is 24.5 Å². The van der Waals surface area contributed by atoms with E-state index in [1.54, 1.807) is 0 Å². The van der Waals surface area contributed by atoms with Crippen LogP contribution in [0.2, 0.25) is 5.02 Å². The van der Waals surface area contributed by atoms with Crippen LogP contribution in [-0.2, 0) is 9.59 Å². The summed E-state index contributed by atoms with van der Waals surface area (Å²) in [6.07, 6.45) is 4.01. The van der Waals surface area contributed by atoms with Gasteiger partial charge in [-0.3, -0.25) is 30.0 Å². The highest BCUT2D eigenvalue weighted by Gasteiger charge is 2.37. The second kappa shape index (κ2) is 7.84. The normalized spacial score (nSPS) is 15.3. The molecule has 0 aliphatic carbocycles. The molecule has 1 aliphatic rings. The zero-order valence-electron chi connectivity index (χ0n) is 15.4. The summed E-state index contributed by atoms with van der Waals surface area (Å²) in [6, 6.07) is 8.95. The number of nitrogens with zero attached hydrogens (tertiary/aromatic N) is 3. The molecule has 4 rings (SSSR count). The average Bonchev–Trinajstić information content (AvgIpc) is 3.20. The van der Waals surface area contributed by atoms with Crippen LogP contribution in [0.3, 0.4) is 0 Å². The molecule has 3 aromatic rings. The number of pyridine rings is 1. The first-order valence-corrected chi connectivity index (χ1v) is 9.08. The van der Waals surface area contributed by atoms with Crippen molar-refractivity contribution in [1.29, 1.82) is 0 Å². The third-order valence-corrected chi connectivity index (χ3v) is 4.68. The number of barbiturate groups is 1. The maximum atomic E-state index is 12.8. The van der Waals surface area contributed by atoms with Gasteiger partial charge in [0.05, 0.1) is 15.6 Å². The number of benzene rings is 1. The number of furan rings is 1. The van der Waals surface area contributed by atoms with Crippen molar-refractivity contribution in [2.75, 3.05) is 4.90 Å². The molecule has 1 aliphatic heterocycles. The maximum Gasteiger partial charge on any atom is 0.335 e. The van der Waals surface area contributed by atoms with Gasteiger partial charge in [0, 0.05) is 30.1 Å². The predicted octanol–water partition coefficient (Wildman–Crippen LogP) is 3.57. The van der Waals surface area contributed by atoms with Crippen LogP contribution in [0.15, 0.2) is 64.8 Å². The number of nitrogens with one attached hydrogen (secondary N) is 1. The smallest absolute Gasteiger partial charge is 0.335 e. The van der Waals surface area contributed by atoms with Crippen LogP contribution >= 0.6 is 11.6 Å². The quantitative estimate of drug-likeness (QED) is 0.284. The molecule has 11 heteroatoms. The fourth-order valence-electron chi connectivity index (χ4n) is 2.92. The lowest BCUT2D eigenvalue weighted by molar-refractivity contribution is -0.384. The molecule has 3 heterocycles. The number of nitro groups is 1. The number of hydrogen-bond acceptors (Lipinski definition) is 7. The van der Waals surface area contributed by atoms with Crippen LogP contribution in [0.5, 0.6) is 0 Å². The van der Waals surface area contributed by atoms with E-state index in [0.29, 0.717) is 5.56 Å². The van der Waals surface area contributed by atoms with Crippen LogP contribution in [0, 0.1) is 10.1 Å². The Hall–Kier alpha value is -4.31. The monoisotopic (exact) mass is 438 g/mol. The lowest BCUT2D eigenvalue weighted by Gasteiger charge is -2.25. The van der Waals surface area contributed by atoms with Gasteiger partial charge < -0.3 is 4.42 Å². The number of aromatic nitrogens is 1. The number of non-ortho nitro benzene ring substituents is 1. The van der Waals surface area contributed by atoms with E-state index < -0.39 is 22.8 Å². The molecule has 0 saturated carbocycles. The van der Waals surface area contributed by atoms with E-state index in [4.69, 9.17) is 16.0 Å². The largest absolute Gasteiger partial charge is 0.457 e. The van der Waals surface area contributed by atoms with Crippen molar-refractivity contribution in [3.63, 3.8) is 0 Å². The molecule has 0 spiro atoms. The zero-order valence-corrected chi connectivity index (χ0v) is 16.2. The number of anilines is 1. The molecular formula is C20H11ClN4O6. The molecule has 10 nitrogen and oxygen atoms in total. The molecule has 1 N–H and O–H groups in total. The number of imide groups is 2. The van der Waals surface area contributed by atoms with E-state index in [-0.39, 0.29) is 33.5 Å². The van der Waals surface area contributed by atoms with Gasteiger partial charge >= 0.3 is 6.03 Å². The Bertz CT molecular complexity index is 1270. The van der Waals surface area contributed by atoms with Crippen molar-refractivity contribution >= 4 is 46.9 Å². The average molecular weight is 439 g/mol. The van der Waals surface area contributed by atoms with Gasteiger partial charge in [0.1, 0.15) is 17.1 Å². The van der Waals surface area contributed by atoms with Crippen molar-refractivity contribution < 1.29 is 23.7 Å². The highest BCUT2D eigenvalue weighted by Crippen LogP contribution is 2.33. The molecule has 154 valence electrons.